The summed E-state index contributed by atoms with van der Waals surface area (Å²) in [6, 6.07) is 0. The fraction of sp³-hybridized carbons (Fsp3) is 1.00. The van der Waals surface area contributed by atoms with E-state index in [1.165, 1.54) is 0 Å². The summed E-state index contributed by atoms with van der Waals surface area (Å²) in [5.41, 5.74) is -0.532. The quantitative estimate of drug-likeness (QED) is 0.529. The van der Waals surface area contributed by atoms with Crippen LogP contribution in [-0.4, -0.2) is 35.1 Å². The molecule has 0 aliphatic heterocycles. The zero-order chi connectivity index (χ0) is 13.9. The molecule has 0 spiro atoms. The van der Waals surface area contributed by atoms with Crippen LogP contribution in [0.5, 0.6) is 0 Å². The highest BCUT2D eigenvalue weighted by Crippen LogP contribution is 2.30. The Balaban J connectivity index is 4.62. The van der Waals surface area contributed by atoms with Gasteiger partial charge in [0.2, 0.25) is 0 Å². The lowest BCUT2D eigenvalue weighted by atomic mass is 9.85. The van der Waals surface area contributed by atoms with Crippen molar-refractivity contribution in [3.8, 4) is 0 Å². The van der Waals surface area contributed by atoms with Gasteiger partial charge in [-0.15, -0.1) is 0 Å². The van der Waals surface area contributed by atoms with E-state index in [1.807, 2.05) is 0 Å². The van der Waals surface area contributed by atoms with Crippen molar-refractivity contribution >= 4 is 0 Å². The Labute approximate surface area is 113 Å². The molecule has 2 N–H and O–H groups in total. The third-order valence-electron chi connectivity index (χ3n) is 3.57. The number of aliphatic hydroxyl groups is 2. The highest BCUT2D eigenvalue weighted by atomic mass is 16.5. The molecule has 0 aromatic rings. The molecule has 0 aromatic carbocycles. The Hall–Kier alpha value is -0.120. The van der Waals surface area contributed by atoms with Crippen molar-refractivity contribution in [2.24, 2.45) is 0 Å². The molecule has 0 aromatic heterocycles. The Kier molecular flexibility index (Phi) is 10.7. The minimum absolute atomic E-state index is 0.209. The van der Waals surface area contributed by atoms with Crippen LogP contribution in [0.3, 0.4) is 0 Å². The first-order chi connectivity index (χ1) is 8.66. The average molecular weight is 260 g/mol. The maximum atomic E-state index is 10.1. The summed E-state index contributed by atoms with van der Waals surface area (Å²) >= 11 is 0. The zero-order valence-electron chi connectivity index (χ0n) is 12.5. The highest BCUT2D eigenvalue weighted by Gasteiger charge is 2.37. The van der Waals surface area contributed by atoms with E-state index < -0.39 is 11.7 Å². The van der Waals surface area contributed by atoms with Gasteiger partial charge in [-0.2, -0.15) is 0 Å². The lowest BCUT2D eigenvalue weighted by molar-refractivity contribution is -0.148. The number of ether oxygens (including phenoxy) is 1. The van der Waals surface area contributed by atoms with E-state index in [2.05, 4.69) is 20.8 Å². The topological polar surface area (TPSA) is 49.7 Å². The number of hydrogen-bond acceptors (Lipinski definition) is 3. The summed E-state index contributed by atoms with van der Waals surface area (Å²) in [7, 11) is 0. The molecule has 0 radical (unpaired) electrons. The zero-order valence-corrected chi connectivity index (χ0v) is 12.5. The molecule has 18 heavy (non-hydrogen) atoms. The van der Waals surface area contributed by atoms with Gasteiger partial charge in [0, 0.05) is 6.61 Å². The van der Waals surface area contributed by atoms with Gasteiger partial charge in [-0.25, -0.2) is 0 Å². The molecule has 0 heterocycles. The predicted molar refractivity (Wildman–Crippen MR) is 75.7 cm³/mol. The molecule has 0 rings (SSSR count). The van der Waals surface area contributed by atoms with Crippen molar-refractivity contribution in [3.05, 3.63) is 0 Å². The first-order valence-electron chi connectivity index (χ1n) is 7.59. The van der Waals surface area contributed by atoms with Crippen molar-refractivity contribution in [2.45, 2.75) is 83.8 Å². The molecular formula is C15H32O3. The van der Waals surface area contributed by atoms with E-state index in [4.69, 9.17) is 4.74 Å². The van der Waals surface area contributed by atoms with Crippen LogP contribution >= 0.6 is 0 Å². The Bertz CT molecular complexity index is 175. The predicted octanol–water partition coefficient (Wildman–Crippen LogP) is 3.28. The third-order valence-corrected chi connectivity index (χ3v) is 3.57. The summed E-state index contributed by atoms with van der Waals surface area (Å²) < 4.78 is 6.02. The van der Waals surface area contributed by atoms with Crippen LogP contribution in [-0.2, 0) is 4.74 Å². The van der Waals surface area contributed by atoms with Crippen molar-refractivity contribution < 1.29 is 14.9 Å². The maximum Gasteiger partial charge on any atom is 0.106 e. The van der Waals surface area contributed by atoms with Crippen molar-refractivity contribution in [3.63, 3.8) is 0 Å². The molecule has 1 unspecified atom stereocenters. The van der Waals surface area contributed by atoms with E-state index in [0.717, 1.165) is 51.4 Å². The third kappa shape index (κ3) is 6.17. The standard InChI is InChI=1S/C15H32O3/c1-4-7-10-15(11-8-5-2,14(17)13-16)18-12-9-6-3/h14,16-17H,4-13H2,1-3H3. The van der Waals surface area contributed by atoms with Crippen LogP contribution < -0.4 is 0 Å². The van der Waals surface area contributed by atoms with Gasteiger partial charge >= 0.3 is 0 Å². The molecule has 0 aliphatic carbocycles. The van der Waals surface area contributed by atoms with E-state index in [-0.39, 0.29) is 6.61 Å². The molecule has 1 atom stereocenters. The largest absolute Gasteiger partial charge is 0.394 e. The number of aliphatic hydroxyl groups excluding tert-OH is 2. The first-order valence-corrected chi connectivity index (χ1v) is 7.59. The molecule has 0 aliphatic rings. The second-order valence-corrected chi connectivity index (χ2v) is 5.17. The SMILES string of the molecule is CCCCOC(CCCC)(CCCC)C(O)CO. The molecule has 0 saturated heterocycles. The molecule has 110 valence electrons. The Morgan fingerprint density at radius 2 is 1.44 bits per heavy atom. The second-order valence-electron chi connectivity index (χ2n) is 5.17. The van der Waals surface area contributed by atoms with Gasteiger partial charge in [0.1, 0.15) is 6.10 Å². The lowest BCUT2D eigenvalue weighted by Crippen LogP contribution is -2.47. The summed E-state index contributed by atoms with van der Waals surface area (Å²) in [5.74, 6) is 0. The monoisotopic (exact) mass is 260 g/mol. The van der Waals surface area contributed by atoms with Crippen LogP contribution in [0.25, 0.3) is 0 Å². The normalized spacial score (nSPS) is 13.8. The Morgan fingerprint density at radius 3 is 1.83 bits per heavy atom. The van der Waals surface area contributed by atoms with Gasteiger partial charge in [-0.1, -0.05) is 52.9 Å². The van der Waals surface area contributed by atoms with Crippen LogP contribution in [0.2, 0.25) is 0 Å². The molecule has 3 nitrogen and oxygen atoms in total. The summed E-state index contributed by atoms with van der Waals surface area (Å²) in [6.45, 7) is 6.88. The van der Waals surface area contributed by atoms with Crippen LogP contribution in [0.15, 0.2) is 0 Å². The van der Waals surface area contributed by atoms with Gasteiger partial charge in [-0.3, -0.25) is 0 Å². The van der Waals surface area contributed by atoms with Gasteiger partial charge in [0.25, 0.3) is 0 Å². The van der Waals surface area contributed by atoms with E-state index in [9.17, 15) is 10.2 Å². The van der Waals surface area contributed by atoms with Crippen molar-refractivity contribution in [1.82, 2.24) is 0 Å². The van der Waals surface area contributed by atoms with E-state index in [1.54, 1.807) is 0 Å². The number of hydrogen-bond donors (Lipinski definition) is 2. The fourth-order valence-corrected chi connectivity index (χ4v) is 2.24. The van der Waals surface area contributed by atoms with Crippen LogP contribution in [0, 0.1) is 0 Å². The maximum absolute atomic E-state index is 10.1. The second kappa shape index (κ2) is 10.8. The van der Waals surface area contributed by atoms with Crippen molar-refractivity contribution in [1.29, 1.82) is 0 Å². The fourth-order valence-electron chi connectivity index (χ4n) is 2.24. The van der Waals surface area contributed by atoms with Crippen LogP contribution in [0.1, 0.15) is 72.1 Å². The van der Waals surface area contributed by atoms with Gasteiger partial charge in [0.05, 0.1) is 12.2 Å². The van der Waals surface area contributed by atoms with E-state index in [0.29, 0.717) is 6.61 Å². The first kappa shape index (κ1) is 17.9. The average Bonchev–Trinajstić information content (AvgIpc) is 2.40. The summed E-state index contributed by atoms with van der Waals surface area (Å²) in [6.07, 6.45) is 7.27. The number of rotatable bonds is 12. The molecule has 3 heteroatoms. The molecular weight excluding hydrogens is 228 g/mol. The van der Waals surface area contributed by atoms with Gasteiger partial charge in [0.15, 0.2) is 0 Å². The summed E-state index contributed by atoms with van der Waals surface area (Å²) in [5, 5.41) is 19.4. The van der Waals surface area contributed by atoms with E-state index >= 15 is 0 Å². The number of unbranched alkanes of at least 4 members (excludes halogenated alkanes) is 3. The Morgan fingerprint density at radius 1 is 0.944 bits per heavy atom. The highest BCUT2D eigenvalue weighted by molar-refractivity contribution is 4.88. The molecule has 0 saturated carbocycles. The minimum atomic E-state index is -0.757. The lowest BCUT2D eigenvalue weighted by Gasteiger charge is -2.38. The smallest absolute Gasteiger partial charge is 0.106 e. The van der Waals surface area contributed by atoms with Crippen LogP contribution in [0.4, 0.5) is 0 Å². The molecule has 0 amide bonds. The minimum Gasteiger partial charge on any atom is -0.394 e. The van der Waals surface area contributed by atoms with Crippen molar-refractivity contribution in [2.75, 3.05) is 13.2 Å². The molecule has 0 fully saturated rings. The van der Waals surface area contributed by atoms with Gasteiger partial charge in [-0.05, 0) is 19.3 Å². The summed E-state index contributed by atoms with van der Waals surface area (Å²) in [4.78, 5) is 0. The molecule has 0 bridgehead atoms. The van der Waals surface area contributed by atoms with Gasteiger partial charge < -0.3 is 14.9 Å².